The Balaban J connectivity index is 2.06. The molecule has 0 spiro atoms. The third-order valence-corrected chi connectivity index (χ3v) is 5.98. The number of aliphatic carboxylic acids is 1. The van der Waals surface area contributed by atoms with E-state index in [2.05, 4.69) is 31.6 Å². The number of phenols is 2. The molecule has 192 valence electrons. The van der Waals surface area contributed by atoms with Gasteiger partial charge in [-0.25, -0.2) is 0 Å². The second kappa shape index (κ2) is 11.6. The number of carbonyl (C=O) groups is 3. The molecule has 1 aliphatic heterocycles. The Bertz CT molecular complexity index is 1230. The highest BCUT2D eigenvalue weighted by atomic mass is 79.9. The summed E-state index contributed by atoms with van der Waals surface area (Å²) in [6.07, 6.45) is -1.19. The topological polar surface area (TPSA) is 198 Å². The number of hydrogen-bond acceptors (Lipinski definition) is 10. The minimum atomic E-state index is -1.49. The summed E-state index contributed by atoms with van der Waals surface area (Å²) >= 11 is 9.20. The van der Waals surface area contributed by atoms with E-state index in [1.54, 1.807) is 0 Å². The number of hydrogen-bond donors (Lipinski definition) is 7. The van der Waals surface area contributed by atoms with E-state index < -0.39 is 48.8 Å². The number of nitrogens with two attached hydrogens (primary N) is 1. The van der Waals surface area contributed by atoms with E-state index in [1.165, 1.54) is 24.3 Å². The third kappa shape index (κ3) is 6.43. The number of imide groups is 1. The van der Waals surface area contributed by atoms with Crippen molar-refractivity contribution in [3.05, 3.63) is 51.0 Å². The number of carboxylic acid groups (broad SMARTS) is 1. The number of benzene rings is 2. The van der Waals surface area contributed by atoms with E-state index in [4.69, 9.17) is 17.3 Å². The summed E-state index contributed by atoms with van der Waals surface area (Å²) < 4.78 is 0.125. The Kier molecular flexibility index (Phi) is 8.74. The first-order chi connectivity index (χ1) is 17.0. The van der Waals surface area contributed by atoms with Gasteiger partial charge in [-0.3, -0.25) is 24.3 Å². The first-order valence-electron chi connectivity index (χ1n) is 10.6. The number of guanidine groups is 1. The van der Waals surface area contributed by atoms with Crippen LogP contribution in [0.5, 0.6) is 11.5 Å². The molecule has 2 aromatic carbocycles. The van der Waals surface area contributed by atoms with Crippen LogP contribution in [-0.2, 0) is 9.59 Å². The lowest BCUT2D eigenvalue weighted by Gasteiger charge is -2.30. The second-order valence-electron chi connectivity index (χ2n) is 7.78. The maximum absolute atomic E-state index is 13.6. The average molecular weight is 585 g/mol. The van der Waals surface area contributed by atoms with Gasteiger partial charge in [-0.2, -0.15) is 0 Å². The van der Waals surface area contributed by atoms with Gasteiger partial charge in [0.05, 0.1) is 23.5 Å². The van der Waals surface area contributed by atoms with Crippen LogP contribution in [0.1, 0.15) is 34.8 Å². The molecule has 0 radical (unpaired) electrons. The molecular weight excluding hydrogens is 562 g/mol. The van der Waals surface area contributed by atoms with Crippen LogP contribution in [0, 0.1) is 0 Å². The largest absolute Gasteiger partial charge is 0.508 e. The fourth-order valence-electron chi connectivity index (χ4n) is 3.61. The normalized spacial score (nSPS) is 15.9. The number of halogens is 2. The maximum Gasteiger partial charge on any atom is 0.305 e. The van der Waals surface area contributed by atoms with Crippen molar-refractivity contribution in [2.75, 3.05) is 18.4 Å². The highest BCUT2D eigenvalue weighted by Crippen LogP contribution is 2.39. The van der Waals surface area contributed by atoms with Crippen molar-refractivity contribution in [3.63, 3.8) is 0 Å². The monoisotopic (exact) mass is 583 g/mol. The van der Waals surface area contributed by atoms with Crippen LogP contribution in [0.15, 0.2) is 39.8 Å². The van der Waals surface area contributed by atoms with Gasteiger partial charge in [0.15, 0.2) is 5.96 Å². The molecule has 2 atom stereocenters. The van der Waals surface area contributed by atoms with Gasteiger partial charge in [0.2, 0.25) is 5.91 Å². The Labute approximate surface area is 218 Å². The predicted octanol–water partition coefficient (Wildman–Crippen LogP) is 1.74. The van der Waals surface area contributed by atoms with Crippen LogP contribution in [0.3, 0.4) is 0 Å². The van der Waals surface area contributed by atoms with E-state index >= 15 is 0 Å². The predicted molar refractivity (Wildman–Crippen MR) is 134 cm³/mol. The van der Waals surface area contributed by atoms with Crippen LogP contribution in [-0.4, -0.2) is 68.4 Å². The molecule has 1 heterocycles. The molecule has 8 N–H and O–H groups in total. The van der Waals surface area contributed by atoms with Gasteiger partial charge >= 0.3 is 5.97 Å². The van der Waals surface area contributed by atoms with E-state index in [-0.39, 0.29) is 38.0 Å². The zero-order valence-corrected chi connectivity index (χ0v) is 21.0. The molecule has 2 unspecified atom stereocenters. The number of carboxylic acids is 1. The van der Waals surface area contributed by atoms with Gasteiger partial charge in [0, 0.05) is 40.9 Å². The molecule has 0 fully saturated rings. The summed E-state index contributed by atoms with van der Waals surface area (Å²) in [7, 11) is 0. The van der Waals surface area contributed by atoms with Gasteiger partial charge in [0.25, 0.3) is 5.91 Å². The number of aliphatic hydroxyl groups is 1. The van der Waals surface area contributed by atoms with Crippen LogP contribution in [0.2, 0.25) is 5.02 Å². The summed E-state index contributed by atoms with van der Waals surface area (Å²) in [5.74, 6) is -3.83. The lowest BCUT2D eigenvalue weighted by molar-refractivity contribution is -0.139. The minimum Gasteiger partial charge on any atom is -0.508 e. The van der Waals surface area contributed by atoms with Crippen molar-refractivity contribution in [2.45, 2.75) is 25.1 Å². The number of nitrogens with one attached hydrogen (secondary N) is 2. The molecule has 0 saturated heterocycles. The van der Waals surface area contributed by atoms with Crippen molar-refractivity contribution in [1.82, 2.24) is 10.2 Å². The molecule has 12 nitrogen and oxygen atoms in total. The van der Waals surface area contributed by atoms with Gasteiger partial charge in [-0.05, 0) is 40.2 Å². The Morgan fingerprint density at radius 1 is 1.25 bits per heavy atom. The van der Waals surface area contributed by atoms with E-state index in [0.29, 0.717) is 17.9 Å². The highest BCUT2D eigenvalue weighted by molar-refractivity contribution is 9.10. The fraction of sp³-hybridized carbons (Fsp3) is 0.273. The molecule has 2 aromatic rings. The van der Waals surface area contributed by atoms with Crippen molar-refractivity contribution in [2.24, 2.45) is 10.7 Å². The Morgan fingerprint density at radius 2 is 1.97 bits per heavy atom. The first-order valence-corrected chi connectivity index (χ1v) is 11.7. The molecule has 0 bridgehead atoms. The minimum absolute atomic E-state index is 0.0971. The van der Waals surface area contributed by atoms with Crippen molar-refractivity contribution >= 4 is 57.0 Å². The quantitative estimate of drug-likeness (QED) is 0.252. The SMILES string of the molecule is NCC(=O)N(C(=O)c1cc(O)cc(NC2=NCCC(O)N2)c1)C(CC(=O)O)c1cc(Cl)cc(Br)c1O. The molecule has 3 rings (SSSR count). The molecule has 1 aliphatic rings. The standard InChI is InChI=1S/C22H23BrClN5O7/c23-15-6-11(24)5-14(20(15)35)16(8-19(33)34)29(18(32)9-25)21(36)10-3-12(7-13(30)4-10)27-22-26-2-1-17(31)28-22/h3-7,16-17,30-31,35H,1-2,8-9,25H2,(H,33,34)(H2,26,27,28). The van der Waals surface area contributed by atoms with E-state index in [1.807, 2.05) is 0 Å². The third-order valence-electron chi connectivity index (χ3n) is 5.16. The van der Waals surface area contributed by atoms with Gasteiger partial charge < -0.3 is 36.8 Å². The molecule has 36 heavy (non-hydrogen) atoms. The van der Waals surface area contributed by atoms with Gasteiger partial charge in [0.1, 0.15) is 17.7 Å². The van der Waals surface area contributed by atoms with Gasteiger partial charge in [-0.15, -0.1) is 0 Å². The molecule has 0 aromatic heterocycles. The molecule has 2 amide bonds. The summed E-state index contributed by atoms with van der Waals surface area (Å²) in [5.41, 5.74) is 5.44. The number of aliphatic imine (C=N–C) groups is 1. The maximum atomic E-state index is 13.6. The van der Waals surface area contributed by atoms with Crippen molar-refractivity contribution in [1.29, 1.82) is 0 Å². The number of anilines is 1. The number of rotatable bonds is 7. The number of aromatic hydroxyl groups is 2. The average Bonchev–Trinajstić information content (AvgIpc) is 2.80. The van der Waals surface area contributed by atoms with E-state index in [9.17, 15) is 34.8 Å². The second-order valence-corrected chi connectivity index (χ2v) is 9.08. The highest BCUT2D eigenvalue weighted by Gasteiger charge is 2.35. The van der Waals surface area contributed by atoms with Crippen LogP contribution >= 0.6 is 27.5 Å². The number of nitrogens with zero attached hydrogens (tertiary/aromatic N) is 2. The summed E-state index contributed by atoms with van der Waals surface area (Å²) in [4.78, 5) is 42.9. The molecule has 14 heteroatoms. The van der Waals surface area contributed by atoms with Gasteiger partial charge in [-0.1, -0.05) is 11.6 Å². The molecular formula is C22H23BrClN5O7. The number of carbonyl (C=O) groups excluding carboxylic acids is 2. The number of amides is 2. The van der Waals surface area contributed by atoms with Crippen LogP contribution < -0.4 is 16.4 Å². The van der Waals surface area contributed by atoms with Crippen LogP contribution in [0.25, 0.3) is 0 Å². The molecule has 0 aliphatic carbocycles. The Hall–Kier alpha value is -3.39. The van der Waals surface area contributed by atoms with Crippen molar-refractivity contribution < 1.29 is 34.8 Å². The lowest BCUT2D eigenvalue weighted by atomic mass is 9.99. The fourth-order valence-corrected chi connectivity index (χ4v) is 4.44. The molecule has 0 saturated carbocycles. The summed E-state index contributed by atoms with van der Waals surface area (Å²) in [5, 5.41) is 45.7. The van der Waals surface area contributed by atoms with E-state index in [0.717, 1.165) is 6.07 Å². The Morgan fingerprint density at radius 3 is 2.61 bits per heavy atom. The number of aliphatic hydroxyl groups excluding tert-OH is 1. The zero-order chi connectivity index (χ0) is 26.6. The lowest BCUT2D eigenvalue weighted by Crippen LogP contribution is -2.44. The summed E-state index contributed by atoms with van der Waals surface area (Å²) in [6.45, 7) is -0.303. The van der Waals surface area contributed by atoms with Crippen molar-refractivity contribution in [3.8, 4) is 11.5 Å². The van der Waals surface area contributed by atoms with Crippen LogP contribution in [0.4, 0.5) is 5.69 Å². The smallest absolute Gasteiger partial charge is 0.305 e. The zero-order valence-electron chi connectivity index (χ0n) is 18.6. The number of phenolic OH excluding ortho intramolecular Hbond substituents is 2. The summed E-state index contributed by atoms with van der Waals surface area (Å²) in [6, 6.07) is 4.79. The first kappa shape index (κ1) is 27.2.